The number of halogens is 1. The highest BCUT2D eigenvalue weighted by atomic mass is 79.9. The van der Waals surface area contributed by atoms with Gasteiger partial charge in [-0.25, -0.2) is 4.98 Å². The van der Waals surface area contributed by atoms with E-state index in [0.717, 1.165) is 39.6 Å². The largest absolute Gasteiger partial charge is 0.349 e. The van der Waals surface area contributed by atoms with Crippen molar-refractivity contribution in [3.8, 4) is 11.3 Å². The summed E-state index contributed by atoms with van der Waals surface area (Å²) in [5.74, 6) is -0.128. The van der Waals surface area contributed by atoms with Crippen molar-refractivity contribution in [3.05, 3.63) is 63.9 Å². The summed E-state index contributed by atoms with van der Waals surface area (Å²) in [4.78, 5) is 19.4. The smallest absolute Gasteiger partial charge is 0.255 e. The number of aromatic nitrogens is 1. The van der Waals surface area contributed by atoms with E-state index in [2.05, 4.69) is 45.4 Å². The Morgan fingerprint density at radius 2 is 1.88 bits per heavy atom. The first kappa shape index (κ1) is 18.6. The fourth-order valence-corrected chi connectivity index (χ4v) is 3.83. The molecule has 0 atom stereocenters. The van der Waals surface area contributed by atoms with E-state index in [1.54, 1.807) is 23.5 Å². The number of nitrogens with zero attached hydrogens (tertiary/aromatic N) is 2. The van der Waals surface area contributed by atoms with Gasteiger partial charge < -0.3 is 10.2 Å². The van der Waals surface area contributed by atoms with Gasteiger partial charge in [0, 0.05) is 39.8 Å². The summed E-state index contributed by atoms with van der Waals surface area (Å²) in [5.41, 5.74) is 3.30. The Bertz CT molecular complexity index is 888. The predicted molar refractivity (Wildman–Crippen MR) is 113 cm³/mol. The molecule has 0 saturated heterocycles. The molecule has 1 N–H and O–H groups in total. The number of benzene rings is 2. The number of amides is 1. The molecule has 1 heterocycles. The van der Waals surface area contributed by atoms with E-state index in [9.17, 15) is 4.79 Å². The zero-order valence-corrected chi connectivity index (χ0v) is 17.1. The second-order valence-electron chi connectivity index (χ2n) is 5.73. The molecular formula is C20H20BrN3OS. The van der Waals surface area contributed by atoms with E-state index in [4.69, 9.17) is 4.98 Å². The minimum absolute atomic E-state index is 0.128. The summed E-state index contributed by atoms with van der Waals surface area (Å²) < 4.78 is 0.948. The van der Waals surface area contributed by atoms with E-state index in [0.29, 0.717) is 5.56 Å². The van der Waals surface area contributed by atoms with Gasteiger partial charge in [-0.15, -0.1) is 11.3 Å². The molecule has 6 heteroatoms. The SMILES string of the molecule is CCN(CC)c1nc(-c2cccc(NC(=O)c3ccc(Br)cc3)c2)cs1. The third kappa shape index (κ3) is 4.31. The molecular weight excluding hydrogens is 410 g/mol. The van der Waals surface area contributed by atoms with Gasteiger partial charge in [0.1, 0.15) is 0 Å². The molecule has 0 aliphatic heterocycles. The van der Waals surface area contributed by atoms with Crippen LogP contribution in [0.25, 0.3) is 11.3 Å². The molecule has 4 nitrogen and oxygen atoms in total. The number of nitrogens with one attached hydrogen (secondary N) is 1. The molecule has 0 unspecified atom stereocenters. The van der Waals surface area contributed by atoms with Crippen LogP contribution in [0, 0.1) is 0 Å². The molecule has 134 valence electrons. The highest BCUT2D eigenvalue weighted by molar-refractivity contribution is 9.10. The van der Waals surface area contributed by atoms with Crippen molar-refractivity contribution in [2.24, 2.45) is 0 Å². The molecule has 0 spiro atoms. The van der Waals surface area contributed by atoms with E-state index >= 15 is 0 Å². The van der Waals surface area contributed by atoms with Gasteiger partial charge in [-0.3, -0.25) is 4.79 Å². The molecule has 0 bridgehead atoms. The van der Waals surface area contributed by atoms with Crippen LogP contribution in [0.3, 0.4) is 0 Å². The third-order valence-electron chi connectivity index (χ3n) is 4.05. The maximum atomic E-state index is 12.4. The number of anilines is 2. The summed E-state index contributed by atoms with van der Waals surface area (Å²) in [6, 6.07) is 15.1. The van der Waals surface area contributed by atoms with E-state index in [1.165, 1.54) is 0 Å². The van der Waals surface area contributed by atoms with Crippen molar-refractivity contribution in [1.82, 2.24) is 4.98 Å². The summed E-state index contributed by atoms with van der Waals surface area (Å²) >= 11 is 5.02. The van der Waals surface area contributed by atoms with Crippen LogP contribution >= 0.6 is 27.3 Å². The van der Waals surface area contributed by atoms with Crippen molar-refractivity contribution >= 4 is 44.0 Å². The first-order valence-corrected chi connectivity index (χ1v) is 10.2. The summed E-state index contributed by atoms with van der Waals surface area (Å²) in [6.07, 6.45) is 0. The molecule has 0 saturated carbocycles. The van der Waals surface area contributed by atoms with Crippen molar-refractivity contribution in [1.29, 1.82) is 0 Å². The second kappa shape index (κ2) is 8.47. The van der Waals surface area contributed by atoms with Crippen molar-refractivity contribution in [3.63, 3.8) is 0 Å². The third-order valence-corrected chi connectivity index (χ3v) is 5.48. The van der Waals surface area contributed by atoms with Gasteiger partial charge in [-0.2, -0.15) is 0 Å². The monoisotopic (exact) mass is 429 g/mol. The Kier molecular flexibility index (Phi) is 6.06. The van der Waals surface area contributed by atoms with Crippen molar-refractivity contribution in [2.75, 3.05) is 23.3 Å². The van der Waals surface area contributed by atoms with Crippen LogP contribution in [-0.2, 0) is 0 Å². The highest BCUT2D eigenvalue weighted by Gasteiger charge is 2.11. The molecule has 1 aromatic heterocycles. The first-order chi connectivity index (χ1) is 12.6. The second-order valence-corrected chi connectivity index (χ2v) is 7.48. The van der Waals surface area contributed by atoms with Gasteiger partial charge in [-0.1, -0.05) is 28.1 Å². The minimum atomic E-state index is -0.128. The number of hydrogen-bond donors (Lipinski definition) is 1. The maximum Gasteiger partial charge on any atom is 0.255 e. The van der Waals surface area contributed by atoms with E-state index < -0.39 is 0 Å². The first-order valence-electron chi connectivity index (χ1n) is 8.48. The Hall–Kier alpha value is -2.18. The zero-order chi connectivity index (χ0) is 18.5. The average Bonchev–Trinajstić information content (AvgIpc) is 3.13. The molecule has 0 radical (unpaired) electrons. The zero-order valence-electron chi connectivity index (χ0n) is 14.7. The van der Waals surface area contributed by atoms with Gasteiger partial charge in [0.2, 0.25) is 0 Å². The lowest BCUT2D eigenvalue weighted by molar-refractivity contribution is 0.102. The van der Waals surface area contributed by atoms with E-state index in [-0.39, 0.29) is 5.91 Å². The fourth-order valence-electron chi connectivity index (χ4n) is 2.60. The highest BCUT2D eigenvalue weighted by Crippen LogP contribution is 2.29. The normalized spacial score (nSPS) is 10.6. The number of hydrogen-bond acceptors (Lipinski definition) is 4. The Morgan fingerprint density at radius 1 is 1.15 bits per heavy atom. The Balaban J connectivity index is 1.78. The van der Waals surface area contributed by atoms with Gasteiger partial charge in [0.05, 0.1) is 5.69 Å². The van der Waals surface area contributed by atoms with Crippen LogP contribution in [0.4, 0.5) is 10.8 Å². The predicted octanol–water partition coefficient (Wildman–Crippen LogP) is 5.67. The minimum Gasteiger partial charge on any atom is -0.349 e. The summed E-state index contributed by atoms with van der Waals surface area (Å²) in [5, 5.41) is 6.03. The summed E-state index contributed by atoms with van der Waals surface area (Å²) in [6.45, 7) is 6.13. The maximum absolute atomic E-state index is 12.4. The van der Waals surface area contributed by atoms with Gasteiger partial charge in [0.15, 0.2) is 5.13 Å². The van der Waals surface area contributed by atoms with Crippen molar-refractivity contribution in [2.45, 2.75) is 13.8 Å². The molecule has 1 amide bonds. The van der Waals surface area contributed by atoms with Crippen LogP contribution < -0.4 is 10.2 Å². The molecule has 0 aliphatic rings. The average molecular weight is 430 g/mol. The molecule has 26 heavy (non-hydrogen) atoms. The van der Waals surface area contributed by atoms with Crippen LogP contribution in [0.1, 0.15) is 24.2 Å². The number of carbonyl (C=O) groups is 1. The molecule has 3 rings (SSSR count). The fraction of sp³-hybridized carbons (Fsp3) is 0.200. The quantitative estimate of drug-likeness (QED) is 0.548. The van der Waals surface area contributed by atoms with Crippen molar-refractivity contribution < 1.29 is 4.79 Å². The van der Waals surface area contributed by atoms with Crippen LogP contribution in [0.15, 0.2) is 58.4 Å². The lowest BCUT2D eigenvalue weighted by Gasteiger charge is -2.16. The molecule has 0 fully saturated rings. The van der Waals surface area contributed by atoms with Gasteiger partial charge in [0.25, 0.3) is 5.91 Å². The number of carbonyl (C=O) groups excluding carboxylic acids is 1. The Morgan fingerprint density at radius 3 is 2.58 bits per heavy atom. The standard InChI is InChI=1S/C20H20BrN3OS/c1-3-24(4-2)20-23-18(13-26-20)15-6-5-7-17(12-15)22-19(25)14-8-10-16(21)11-9-14/h5-13H,3-4H2,1-2H3,(H,22,25). The van der Waals surface area contributed by atoms with Gasteiger partial charge in [-0.05, 0) is 50.2 Å². The molecule has 2 aromatic carbocycles. The topological polar surface area (TPSA) is 45.2 Å². The molecule has 3 aromatic rings. The lowest BCUT2D eigenvalue weighted by atomic mass is 10.1. The van der Waals surface area contributed by atoms with Gasteiger partial charge >= 0.3 is 0 Å². The van der Waals surface area contributed by atoms with Crippen LogP contribution in [0.2, 0.25) is 0 Å². The number of thiazole rings is 1. The summed E-state index contributed by atoms with van der Waals surface area (Å²) in [7, 11) is 0. The Labute approximate surface area is 166 Å². The van der Waals surface area contributed by atoms with Crippen LogP contribution in [-0.4, -0.2) is 24.0 Å². The molecule has 0 aliphatic carbocycles. The van der Waals surface area contributed by atoms with Crippen LogP contribution in [0.5, 0.6) is 0 Å². The lowest BCUT2D eigenvalue weighted by Crippen LogP contribution is -2.21. The number of rotatable bonds is 6. The van der Waals surface area contributed by atoms with E-state index in [1.807, 2.05) is 36.4 Å².